The van der Waals surface area contributed by atoms with E-state index in [1.807, 2.05) is 0 Å². The normalized spacial score (nSPS) is 12.4. The zero-order valence-electron chi connectivity index (χ0n) is 20.0. The molecule has 0 unspecified atom stereocenters. The molecule has 0 aliphatic carbocycles. The average Bonchev–Trinajstić information content (AvgIpc) is 3.29. The molecule has 1 N–H and O–H groups in total. The molecule has 0 radical (unpaired) electrons. The van der Waals surface area contributed by atoms with Crippen LogP contribution in [0.25, 0.3) is 11.3 Å². The molecule has 210 valence electrons. The topological polar surface area (TPSA) is 59.8 Å². The van der Waals surface area contributed by atoms with E-state index in [0.717, 1.165) is 10.7 Å². The standard InChI is InChI=1S/C26H17F9N4O/c27-24(28,29)18-10-15(11-19(12-18)25(30,31)32)14-39-22(16-6-2-1-3-7-16)21(37-38-39)23(40)36-13-17-8-4-5-9-20(17)26(33,34)35/h1-12H,13-14H2,(H,36,40). The molecule has 4 aromatic rings. The zero-order valence-corrected chi connectivity index (χ0v) is 20.0. The van der Waals surface area contributed by atoms with Crippen LogP contribution in [0, 0.1) is 0 Å². The lowest BCUT2D eigenvalue weighted by Gasteiger charge is -2.15. The fourth-order valence-electron chi connectivity index (χ4n) is 3.95. The third-order valence-electron chi connectivity index (χ3n) is 5.74. The zero-order chi connectivity index (χ0) is 29.3. The number of benzene rings is 3. The Kier molecular flexibility index (Phi) is 7.63. The molecule has 0 bridgehead atoms. The highest BCUT2D eigenvalue weighted by Crippen LogP contribution is 2.37. The van der Waals surface area contributed by atoms with E-state index in [-0.39, 0.29) is 22.9 Å². The highest BCUT2D eigenvalue weighted by atomic mass is 19.4. The molecule has 1 amide bonds. The summed E-state index contributed by atoms with van der Waals surface area (Å²) in [6.07, 6.45) is -14.8. The molecule has 0 saturated carbocycles. The maximum absolute atomic E-state index is 13.3. The van der Waals surface area contributed by atoms with Gasteiger partial charge in [0.25, 0.3) is 5.91 Å². The summed E-state index contributed by atoms with van der Waals surface area (Å²) in [4.78, 5) is 13.0. The lowest BCUT2D eigenvalue weighted by atomic mass is 10.0. The van der Waals surface area contributed by atoms with Gasteiger partial charge in [-0.3, -0.25) is 4.79 Å². The Morgan fingerprint density at radius 2 is 1.32 bits per heavy atom. The number of carbonyl (C=O) groups excluding carboxylic acids is 1. The van der Waals surface area contributed by atoms with Crippen LogP contribution >= 0.6 is 0 Å². The Labute approximate surface area is 220 Å². The minimum atomic E-state index is -5.07. The molecule has 0 aliphatic heterocycles. The van der Waals surface area contributed by atoms with E-state index in [4.69, 9.17) is 0 Å². The fraction of sp³-hybridized carbons (Fsp3) is 0.192. The van der Waals surface area contributed by atoms with Gasteiger partial charge < -0.3 is 5.32 Å². The number of nitrogens with one attached hydrogen (secondary N) is 1. The molecule has 5 nitrogen and oxygen atoms in total. The minimum Gasteiger partial charge on any atom is -0.346 e. The highest BCUT2D eigenvalue weighted by molar-refractivity contribution is 5.98. The molecule has 0 fully saturated rings. The van der Waals surface area contributed by atoms with Crippen LogP contribution in [0.5, 0.6) is 0 Å². The van der Waals surface area contributed by atoms with Crippen LogP contribution in [0.1, 0.15) is 38.3 Å². The number of hydrogen-bond acceptors (Lipinski definition) is 3. The van der Waals surface area contributed by atoms with Crippen LogP contribution < -0.4 is 5.32 Å². The van der Waals surface area contributed by atoms with E-state index in [0.29, 0.717) is 12.1 Å². The first kappa shape index (κ1) is 28.6. The third-order valence-corrected chi connectivity index (χ3v) is 5.74. The highest BCUT2D eigenvalue weighted by Gasteiger charge is 2.37. The Balaban J connectivity index is 1.71. The van der Waals surface area contributed by atoms with Gasteiger partial charge in [0.1, 0.15) is 5.69 Å². The molecular formula is C26H17F9N4O. The van der Waals surface area contributed by atoms with Crippen molar-refractivity contribution in [2.75, 3.05) is 0 Å². The largest absolute Gasteiger partial charge is 0.416 e. The molecule has 3 aromatic carbocycles. The minimum absolute atomic E-state index is 0.0133. The number of aromatic nitrogens is 3. The molecule has 0 saturated heterocycles. The monoisotopic (exact) mass is 572 g/mol. The SMILES string of the molecule is O=C(NCc1ccccc1C(F)(F)F)c1nnn(Cc2cc(C(F)(F)F)cc(C(F)(F)F)c2)c1-c1ccccc1. The number of rotatable bonds is 6. The van der Waals surface area contributed by atoms with Crippen molar-refractivity contribution in [3.05, 3.63) is 106 Å². The number of halogens is 9. The van der Waals surface area contributed by atoms with Crippen molar-refractivity contribution >= 4 is 5.91 Å². The lowest BCUT2D eigenvalue weighted by molar-refractivity contribution is -0.143. The molecule has 40 heavy (non-hydrogen) atoms. The average molecular weight is 572 g/mol. The predicted octanol–water partition coefficient (Wildman–Crippen LogP) is 6.98. The third kappa shape index (κ3) is 6.43. The smallest absolute Gasteiger partial charge is 0.346 e. The number of amides is 1. The number of carbonyl (C=O) groups is 1. The lowest BCUT2D eigenvalue weighted by Crippen LogP contribution is -2.25. The summed E-state index contributed by atoms with van der Waals surface area (Å²) in [6.45, 7) is -1.17. The van der Waals surface area contributed by atoms with E-state index >= 15 is 0 Å². The van der Waals surface area contributed by atoms with Crippen LogP contribution in [0.4, 0.5) is 39.5 Å². The summed E-state index contributed by atoms with van der Waals surface area (Å²) in [5, 5.41) is 9.84. The van der Waals surface area contributed by atoms with Crippen LogP contribution in [0.3, 0.4) is 0 Å². The van der Waals surface area contributed by atoms with Gasteiger partial charge in [0, 0.05) is 12.1 Å². The van der Waals surface area contributed by atoms with Gasteiger partial charge in [0.05, 0.1) is 23.2 Å². The summed E-state index contributed by atoms with van der Waals surface area (Å²) in [5.74, 6) is -0.956. The fourth-order valence-corrected chi connectivity index (χ4v) is 3.95. The molecule has 14 heteroatoms. The first-order valence-electron chi connectivity index (χ1n) is 11.3. The molecule has 1 aromatic heterocycles. The van der Waals surface area contributed by atoms with Crippen molar-refractivity contribution in [1.82, 2.24) is 20.3 Å². The van der Waals surface area contributed by atoms with Crippen molar-refractivity contribution in [3.63, 3.8) is 0 Å². The maximum Gasteiger partial charge on any atom is 0.416 e. The predicted molar refractivity (Wildman–Crippen MR) is 124 cm³/mol. The van der Waals surface area contributed by atoms with E-state index in [1.54, 1.807) is 18.2 Å². The molecule has 4 rings (SSSR count). The van der Waals surface area contributed by atoms with Gasteiger partial charge >= 0.3 is 18.5 Å². The van der Waals surface area contributed by atoms with Crippen molar-refractivity contribution < 1.29 is 44.3 Å². The van der Waals surface area contributed by atoms with Gasteiger partial charge in [0.15, 0.2) is 5.69 Å². The van der Waals surface area contributed by atoms with Gasteiger partial charge in [0.2, 0.25) is 0 Å². The van der Waals surface area contributed by atoms with Gasteiger partial charge in [-0.2, -0.15) is 39.5 Å². The van der Waals surface area contributed by atoms with Gasteiger partial charge in [-0.25, -0.2) is 4.68 Å². The van der Waals surface area contributed by atoms with Crippen molar-refractivity contribution in [2.45, 2.75) is 31.6 Å². The van der Waals surface area contributed by atoms with Crippen LogP contribution in [0.2, 0.25) is 0 Å². The first-order valence-corrected chi connectivity index (χ1v) is 11.3. The second-order valence-electron chi connectivity index (χ2n) is 8.56. The maximum atomic E-state index is 13.3. The second-order valence-corrected chi connectivity index (χ2v) is 8.56. The number of alkyl halides is 9. The Hall–Kier alpha value is -4.36. The Morgan fingerprint density at radius 1 is 0.750 bits per heavy atom. The van der Waals surface area contributed by atoms with Gasteiger partial charge in [-0.05, 0) is 35.4 Å². The Morgan fingerprint density at radius 3 is 1.90 bits per heavy atom. The van der Waals surface area contributed by atoms with Crippen LogP contribution in [-0.2, 0) is 31.6 Å². The van der Waals surface area contributed by atoms with Crippen molar-refractivity contribution in [3.8, 4) is 11.3 Å². The quantitative estimate of drug-likeness (QED) is 0.254. The summed E-state index contributed by atoms with van der Waals surface area (Å²) in [7, 11) is 0. The van der Waals surface area contributed by atoms with Gasteiger partial charge in [-0.15, -0.1) is 5.10 Å². The van der Waals surface area contributed by atoms with E-state index in [9.17, 15) is 44.3 Å². The molecule has 0 atom stereocenters. The molecular weight excluding hydrogens is 555 g/mol. The number of hydrogen-bond donors (Lipinski definition) is 1. The number of nitrogens with zero attached hydrogens (tertiary/aromatic N) is 3. The summed E-state index contributed by atoms with van der Waals surface area (Å²) in [6, 6.07) is 13.3. The van der Waals surface area contributed by atoms with Crippen molar-refractivity contribution in [2.24, 2.45) is 0 Å². The molecule has 1 heterocycles. The molecule has 0 aliphatic rings. The summed E-state index contributed by atoms with van der Waals surface area (Å²) >= 11 is 0. The molecule has 0 spiro atoms. The first-order chi connectivity index (χ1) is 18.6. The van der Waals surface area contributed by atoms with E-state index in [1.165, 1.54) is 30.3 Å². The van der Waals surface area contributed by atoms with Gasteiger partial charge in [-0.1, -0.05) is 53.7 Å². The summed E-state index contributed by atoms with van der Waals surface area (Å²) < 4.78 is 121. The Bertz CT molecular complexity index is 1480. The second kappa shape index (κ2) is 10.7. The van der Waals surface area contributed by atoms with Crippen molar-refractivity contribution in [1.29, 1.82) is 0 Å². The van der Waals surface area contributed by atoms with Crippen LogP contribution in [-0.4, -0.2) is 20.9 Å². The summed E-state index contributed by atoms with van der Waals surface area (Å²) in [5.41, 5.74) is -4.84. The van der Waals surface area contributed by atoms with Crippen LogP contribution in [0.15, 0.2) is 72.8 Å². The van der Waals surface area contributed by atoms with E-state index in [2.05, 4.69) is 15.6 Å². The van der Waals surface area contributed by atoms with E-state index < -0.39 is 65.5 Å².